The Labute approximate surface area is 117 Å². The van der Waals surface area contributed by atoms with E-state index < -0.39 is 5.92 Å². The molecule has 0 radical (unpaired) electrons. The van der Waals surface area contributed by atoms with E-state index in [-0.39, 0.29) is 5.91 Å². The Kier molecular flexibility index (Phi) is 3.06. The number of nitriles is 1. The number of carbonyl (C=O) groups excluding carboxylic acids is 1. The lowest BCUT2D eigenvalue weighted by molar-refractivity contribution is 0.0965. The van der Waals surface area contributed by atoms with Crippen molar-refractivity contribution >= 4 is 12.0 Å². The third-order valence-electron chi connectivity index (χ3n) is 3.35. The first kappa shape index (κ1) is 12.2. The molecule has 3 nitrogen and oxygen atoms in total. The molecule has 1 amide bonds. The zero-order chi connectivity index (χ0) is 13.9. The van der Waals surface area contributed by atoms with Gasteiger partial charge in [0.2, 0.25) is 0 Å². The maximum Gasteiger partial charge on any atom is 0.255 e. The molecule has 0 saturated heterocycles. The van der Waals surface area contributed by atoms with Gasteiger partial charge in [0.05, 0.1) is 6.07 Å². The van der Waals surface area contributed by atoms with Gasteiger partial charge >= 0.3 is 0 Å². The smallest absolute Gasteiger partial charge is 0.255 e. The van der Waals surface area contributed by atoms with Gasteiger partial charge in [-0.3, -0.25) is 4.79 Å². The molecule has 0 aromatic heterocycles. The number of rotatable bonds is 2. The van der Waals surface area contributed by atoms with Crippen LogP contribution < -0.4 is 5.32 Å². The molecule has 1 aliphatic carbocycles. The van der Waals surface area contributed by atoms with Gasteiger partial charge in [0.15, 0.2) is 0 Å². The molecule has 0 heterocycles. The Hall–Kier alpha value is -2.86. The van der Waals surface area contributed by atoms with E-state index in [1.54, 1.807) is 12.1 Å². The highest BCUT2D eigenvalue weighted by atomic mass is 16.1. The number of allylic oxidation sites excluding steroid dienone is 1. The summed E-state index contributed by atoms with van der Waals surface area (Å²) < 4.78 is 0. The van der Waals surface area contributed by atoms with E-state index in [2.05, 4.69) is 11.4 Å². The normalized spacial score (nSPS) is 15.9. The second-order valence-corrected chi connectivity index (χ2v) is 4.61. The molecule has 96 valence electrons. The molecule has 2 aromatic carbocycles. The summed E-state index contributed by atoms with van der Waals surface area (Å²) in [6.07, 6.45) is 1.87. The second kappa shape index (κ2) is 5.02. The van der Waals surface area contributed by atoms with Gasteiger partial charge in [0.1, 0.15) is 5.92 Å². The van der Waals surface area contributed by atoms with E-state index in [1.807, 2.05) is 48.5 Å². The summed E-state index contributed by atoms with van der Waals surface area (Å²) in [6.45, 7) is 0. The highest BCUT2D eigenvalue weighted by Crippen LogP contribution is 2.34. The van der Waals surface area contributed by atoms with Crippen molar-refractivity contribution in [2.75, 3.05) is 0 Å². The minimum atomic E-state index is -0.404. The highest BCUT2D eigenvalue weighted by molar-refractivity contribution is 5.96. The molecule has 3 rings (SSSR count). The Bertz CT molecular complexity index is 726. The molecule has 2 aromatic rings. The van der Waals surface area contributed by atoms with Gasteiger partial charge in [-0.1, -0.05) is 42.5 Å². The largest absolute Gasteiger partial charge is 0.324 e. The van der Waals surface area contributed by atoms with E-state index in [0.717, 1.165) is 11.1 Å². The predicted molar refractivity (Wildman–Crippen MR) is 76.7 cm³/mol. The number of hydrogen-bond donors (Lipinski definition) is 1. The summed E-state index contributed by atoms with van der Waals surface area (Å²) in [5.41, 5.74) is 3.16. The molecular weight excluding hydrogens is 248 g/mol. The van der Waals surface area contributed by atoms with Crippen LogP contribution in [0.3, 0.4) is 0 Å². The molecule has 1 unspecified atom stereocenters. The number of nitrogens with one attached hydrogen (secondary N) is 1. The minimum absolute atomic E-state index is 0.190. The maximum absolute atomic E-state index is 12.2. The van der Waals surface area contributed by atoms with Crippen LogP contribution in [-0.4, -0.2) is 5.91 Å². The lowest BCUT2D eigenvalue weighted by Crippen LogP contribution is -2.24. The average molecular weight is 260 g/mol. The predicted octanol–water partition coefficient (Wildman–Crippen LogP) is 3.08. The fourth-order valence-corrected chi connectivity index (χ4v) is 2.36. The van der Waals surface area contributed by atoms with Crippen LogP contribution in [0.2, 0.25) is 0 Å². The Morgan fingerprint density at radius 2 is 1.75 bits per heavy atom. The lowest BCUT2D eigenvalue weighted by atomic mass is 10.0. The topological polar surface area (TPSA) is 52.9 Å². The van der Waals surface area contributed by atoms with Crippen molar-refractivity contribution in [3.05, 3.63) is 77.0 Å². The Morgan fingerprint density at radius 1 is 1.05 bits per heavy atom. The van der Waals surface area contributed by atoms with E-state index in [9.17, 15) is 10.1 Å². The molecule has 0 bridgehead atoms. The number of carbonyl (C=O) groups is 1. The summed E-state index contributed by atoms with van der Waals surface area (Å²) in [6, 6.07) is 18.9. The monoisotopic (exact) mass is 260 g/mol. The van der Waals surface area contributed by atoms with Crippen molar-refractivity contribution in [2.24, 2.45) is 0 Å². The molecular formula is C17H12N2O. The zero-order valence-electron chi connectivity index (χ0n) is 10.7. The van der Waals surface area contributed by atoms with Crippen LogP contribution in [0, 0.1) is 11.3 Å². The van der Waals surface area contributed by atoms with Crippen LogP contribution in [0.1, 0.15) is 27.4 Å². The van der Waals surface area contributed by atoms with E-state index in [1.165, 1.54) is 0 Å². The van der Waals surface area contributed by atoms with E-state index >= 15 is 0 Å². The van der Waals surface area contributed by atoms with Crippen molar-refractivity contribution in [3.8, 4) is 6.07 Å². The second-order valence-electron chi connectivity index (χ2n) is 4.61. The fraction of sp³-hybridized carbons (Fsp3) is 0.0588. The van der Waals surface area contributed by atoms with Crippen LogP contribution in [0.25, 0.3) is 6.08 Å². The summed E-state index contributed by atoms with van der Waals surface area (Å²) in [5.74, 6) is -0.594. The molecule has 0 fully saturated rings. The van der Waals surface area contributed by atoms with Crippen molar-refractivity contribution in [1.82, 2.24) is 5.32 Å². The summed E-state index contributed by atoms with van der Waals surface area (Å²) >= 11 is 0. The molecule has 1 aliphatic rings. The first-order valence-corrected chi connectivity index (χ1v) is 6.36. The van der Waals surface area contributed by atoms with Crippen molar-refractivity contribution in [1.29, 1.82) is 5.26 Å². The first-order chi connectivity index (χ1) is 9.79. The number of benzene rings is 2. The highest BCUT2D eigenvalue weighted by Gasteiger charge is 2.26. The van der Waals surface area contributed by atoms with Crippen LogP contribution in [0.4, 0.5) is 0 Å². The molecule has 0 saturated carbocycles. The fourth-order valence-electron chi connectivity index (χ4n) is 2.36. The SMILES string of the molecule is N#CC1C(NC(=O)c2ccccc2)=Cc2ccccc21. The number of amides is 1. The van der Waals surface area contributed by atoms with Crippen molar-refractivity contribution < 1.29 is 4.79 Å². The van der Waals surface area contributed by atoms with Crippen LogP contribution in [0.5, 0.6) is 0 Å². The third-order valence-corrected chi connectivity index (χ3v) is 3.35. The van der Waals surface area contributed by atoms with Gasteiger partial charge in [-0.05, 0) is 29.3 Å². The molecule has 20 heavy (non-hydrogen) atoms. The molecule has 0 spiro atoms. The van der Waals surface area contributed by atoms with Crippen molar-refractivity contribution in [3.63, 3.8) is 0 Å². The summed E-state index contributed by atoms with van der Waals surface area (Å²) in [4.78, 5) is 12.2. The van der Waals surface area contributed by atoms with Crippen LogP contribution in [0.15, 0.2) is 60.3 Å². The van der Waals surface area contributed by atoms with Gasteiger partial charge in [0, 0.05) is 11.3 Å². The van der Waals surface area contributed by atoms with Crippen molar-refractivity contribution in [2.45, 2.75) is 5.92 Å². The van der Waals surface area contributed by atoms with Gasteiger partial charge in [-0.2, -0.15) is 5.26 Å². The number of hydrogen-bond acceptors (Lipinski definition) is 2. The Balaban J connectivity index is 1.86. The number of nitrogens with zero attached hydrogens (tertiary/aromatic N) is 1. The van der Waals surface area contributed by atoms with E-state index in [4.69, 9.17) is 0 Å². The standard InChI is InChI=1S/C17H12N2O/c18-11-15-14-9-5-4-8-13(14)10-16(15)19-17(20)12-6-2-1-3-7-12/h1-10,15H,(H,19,20). The van der Waals surface area contributed by atoms with Gasteiger partial charge in [-0.25, -0.2) is 0 Å². The van der Waals surface area contributed by atoms with Gasteiger partial charge in [-0.15, -0.1) is 0 Å². The molecule has 1 atom stereocenters. The zero-order valence-corrected chi connectivity index (χ0v) is 10.7. The third kappa shape index (κ3) is 2.08. The summed E-state index contributed by atoms with van der Waals surface area (Å²) in [5, 5.41) is 12.2. The van der Waals surface area contributed by atoms with Crippen LogP contribution in [-0.2, 0) is 0 Å². The number of fused-ring (bicyclic) bond motifs is 1. The molecule has 3 heteroatoms. The van der Waals surface area contributed by atoms with Gasteiger partial charge in [0.25, 0.3) is 5.91 Å². The molecule has 1 N–H and O–H groups in total. The maximum atomic E-state index is 12.2. The minimum Gasteiger partial charge on any atom is -0.324 e. The first-order valence-electron chi connectivity index (χ1n) is 6.36. The summed E-state index contributed by atoms with van der Waals surface area (Å²) in [7, 11) is 0. The van der Waals surface area contributed by atoms with Crippen LogP contribution >= 0.6 is 0 Å². The quantitative estimate of drug-likeness (QED) is 0.902. The Morgan fingerprint density at radius 3 is 2.50 bits per heavy atom. The average Bonchev–Trinajstić information content (AvgIpc) is 2.85. The van der Waals surface area contributed by atoms with Gasteiger partial charge < -0.3 is 5.32 Å². The molecule has 0 aliphatic heterocycles. The lowest BCUT2D eigenvalue weighted by Gasteiger charge is -2.10. The van der Waals surface area contributed by atoms with E-state index in [0.29, 0.717) is 11.3 Å².